The van der Waals surface area contributed by atoms with Crippen LogP contribution in [0.15, 0.2) is 54.6 Å². The summed E-state index contributed by atoms with van der Waals surface area (Å²) in [6.07, 6.45) is 2.39. The first-order valence-corrected chi connectivity index (χ1v) is 7.41. The Morgan fingerprint density at radius 3 is 2.65 bits per heavy atom. The Kier molecular flexibility index (Phi) is 2.64. The van der Waals surface area contributed by atoms with Crippen LogP contribution in [0, 0.1) is 0 Å². The van der Waals surface area contributed by atoms with Gasteiger partial charge in [0.25, 0.3) is 0 Å². The van der Waals surface area contributed by atoms with E-state index in [1.54, 1.807) is 0 Å². The van der Waals surface area contributed by atoms with E-state index in [0.29, 0.717) is 0 Å². The lowest BCUT2D eigenvalue weighted by Crippen LogP contribution is -2.55. The largest absolute Gasteiger partial charge is 0.546 e. The van der Waals surface area contributed by atoms with Gasteiger partial charge in [0.05, 0.1) is 5.54 Å². The van der Waals surface area contributed by atoms with E-state index in [1.807, 2.05) is 0 Å². The average Bonchev–Trinajstić information content (AvgIpc) is 2.95. The number of hydrogen-bond donors (Lipinski definition) is 0. The number of para-hydroxylation sites is 1. The summed E-state index contributed by atoms with van der Waals surface area (Å²) in [5.74, 6) is 1.04. The van der Waals surface area contributed by atoms with Crippen molar-refractivity contribution in [1.82, 2.24) is 4.81 Å². The third kappa shape index (κ3) is 1.50. The van der Waals surface area contributed by atoms with E-state index in [1.165, 1.54) is 24.0 Å². The van der Waals surface area contributed by atoms with Crippen molar-refractivity contribution in [2.45, 2.75) is 25.2 Å². The van der Waals surface area contributed by atoms with Crippen molar-refractivity contribution >= 4 is 7.05 Å². The molecule has 0 unspecified atom stereocenters. The first-order chi connectivity index (χ1) is 9.82. The van der Waals surface area contributed by atoms with Crippen molar-refractivity contribution in [3.8, 4) is 5.75 Å². The fourth-order valence-electron chi connectivity index (χ4n) is 3.96. The maximum Gasteiger partial charge on any atom is 0.446 e. The van der Waals surface area contributed by atoms with Gasteiger partial charge in [-0.2, -0.15) is 0 Å². The Balaban J connectivity index is 1.99. The smallest absolute Gasteiger partial charge is 0.446 e. The van der Waals surface area contributed by atoms with Crippen LogP contribution in [0.2, 0.25) is 6.82 Å². The fraction of sp³-hybridized carbons (Fsp3) is 0.294. The second-order valence-corrected chi connectivity index (χ2v) is 5.74. The van der Waals surface area contributed by atoms with Gasteiger partial charge in [-0.15, -0.1) is 0 Å². The molecule has 2 heterocycles. The van der Waals surface area contributed by atoms with E-state index in [9.17, 15) is 0 Å². The summed E-state index contributed by atoms with van der Waals surface area (Å²) in [6, 6.07) is 19.4. The molecular weight excluding hydrogens is 245 g/mol. The van der Waals surface area contributed by atoms with Gasteiger partial charge in [-0.1, -0.05) is 48.5 Å². The molecule has 0 bridgehead atoms. The molecule has 2 aliphatic heterocycles. The second kappa shape index (κ2) is 4.39. The van der Waals surface area contributed by atoms with Crippen LogP contribution in [0.3, 0.4) is 0 Å². The zero-order chi connectivity index (χ0) is 13.6. The fourth-order valence-corrected chi connectivity index (χ4v) is 3.96. The van der Waals surface area contributed by atoms with Crippen molar-refractivity contribution in [3.05, 3.63) is 65.7 Å². The van der Waals surface area contributed by atoms with Gasteiger partial charge in [0, 0.05) is 5.56 Å². The quantitative estimate of drug-likeness (QED) is 0.730. The maximum absolute atomic E-state index is 6.12. The van der Waals surface area contributed by atoms with Gasteiger partial charge in [0.1, 0.15) is 5.75 Å². The molecule has 1 fully saturated rings. The van der Waals surface area contributed by atoms with Crippen LogP contribution in [-0.2, 0) is 5.54 Å². The van der Waals surface area contributed by atoms with Crippen LogP contribution in [0.1, 0.15) is 24.0 Å². The third-order valence-electron chi connectivity index (χ3n) is 4.75. The van der Waals surface area contributed by atoms with Gasteiger partial charge in [-0.3, -0.25) is 4.81 Å². The summed E-state index contributed by atoms with van der Waals surface area (Å²) >= 11 is 0. The van der Waals surface area contributed by atoms with E-state index in [2.05, 4.69) is 66.2 Å². The third-order valence-corrected chi connectivity index (χ3v) is 4.75. The molecule has 3 heteroatoms. The van der Waals surface area contributed by atoms with Crippen LogP contribution < -0.4 is 4.65 Å². The van der Waals surface area contributed by atoms with Gasteiger partial charge in [0.15, 0.2) is 0 Å². The van der Waals surface area contributed by atoms with Crippen molar-refractivity contribution < 1.29 is 4.65 Å². The number of nitrogens with zero attached hydrogens (tertiary/aromatic N) is 1. The topological polar surface area (TPSA) is 12.5 Å². The zero-order valence-electron chi connectivity index (χ0n) is 11.8. The Morgan fingerprint density at radius 2 is 1.80 bits per heavy atom. The summed E-state index contributed by atoms with van der Waals surface area (Å²) < 4.78 is 6.12. The minimum atomic E-state index is -0.00444. The Hall–Kier alpha value is -1.74. The van der Waals surface area contributed by atoms with Gasteiger partial charge in [-0.05, 0) is 37.8 Å². The molecule has 0 aromatic heterocycles. The highest BCUT2D eigenvalue weighted by molar-refractivity contribution is 6.48. The first kappa shape index (κ1) is 12.0. The molecule has 1 saturated heterocycles. The van der Waals surface area contributed by atoms with Crippen molar-refractivity contribution in [2.75, 3.05) is 6.54 Å². The molecule has 2 aromatic carbocycles. The molecule has 0 amide bonds. The predicted molar refractivity (Wildman–Crippen MR) is 81.9 cm³/mol. The molecule has 4 rings (SSSR count). The van der Waals surface area contributed by atoms with Gasteiger partial charge >= 0.3 is 7.05 Å². The van der Waals surface area contributed by atoms with Crippen LogP contribution in [0.4, 0.5) is 0 Å². The summed E-state index contributed by atoms with van der Waals surface area (Å²) in [4.78, 5) is 2.52. The summed E-state index contributed by atoms with van der Waals surface area (Å²) in [7, 11) is 0.132. The molecule has 0 saturated carbocycles. The SMILES string of the molecule is CB1Oc2ccccc2[C@@]2(c3ccccc3)CCCN12. The molecular formula is C17H18BNO. The highest BCUT2D eigenvalue weighted by Crippen LogP contribution is 2.50. The maximum atomic E-state index is 6.12. The van der Waals surface area contributed by atoms with Crippen molar-refractivity contribution in [1.29, 1.82) is 0 Å². The molecule has 2 aromatic rings. The van der Waals surface area contributed by atoms with Crippen molar-refractivity contribution in [2.24, 2.45) is 0 Å². The van der Waals surface area contributed by atoms with E-state index >= 15 is 0 Å². The van der Waals surface area contributed by atoms with Crippen LogP contribution >= 0.6 is 0 Å². The lowest BCUT2D eigenvalue weighted by Gasteiger charge is -2.46. The Morgan fingerprint density at radius 1 is 1.05 bits per heavy atom. The minimum Gasteiger partial charge on any atom is -0.546 e. The molecule has 0 radical (unpaired) electrons. The lowest BCUT2D eigenvalue weighted by atomic mass is 9.69. The van der Waals surface area contributed by atoms with Crippen LogP contribution in [0.25, 0.3) is 0 Å². The highest BCUT2D eigenvalue weighted by atomic mass is 16.5. The number of hydrogen-bond acceptors (Lipinski definition) is 2. The Bertz CT molecular complexity index is 630. The molecule has 2 nitrogen and oxygen atoms in total. The second-order valence-electron chi connectivity index (χ2n) is 5.74. The molecule has 100 valence electrons. The summed E-state index contributed by atoms with van der Waals surface area (Å²) in [5.41, 5.74) is 2.71. The van der Waals surface area contributed by atoms with Gasteiger partial charge in [-0.25, -0.2) is 0 Å². The molecule has 0 spiro atoms. The normalized spacial score (nSPS) is 24.9. The minimum absolute atomic E-state index is 0.00444. The molecule has 1 atom stereocenters. The molecule has 20 heavy (non-hydrogen) atoms. The van der Waals surface area contributed by atoms with E-state index in [4.69, 9.17) is 4.65 Å². The van der Waals surface area contributed by atoms with E-state index in [0.717, 1.165) is 12.3 Å². The Labute approximate surface area is 120 Å². The van der Waals surface area contributed by atoms with E-state index in [-0.39, 0.29) is 12.6 Å². The summed E-state index contributed by atoms with van der Waals surface area (Å²) in [6.45, 7) is 3.27. The highest BCUT2D eigenvalue weighted by Gasteiger charge is 2.52. The molecule has 0 N–H and O–H groups in total. The monoisotopic (exact) mass is 263 g/mol. The standard InChI is InChI=1S/C17H18BNO/c1-18-19-13-7-12-17(19,14-8-3-2-4-9-14)15-10-5-6-11-16(15)20-18/h2-6,8-11H,7,12-13H2,1H3/t17-/m0/s1. The zero-order valence-corrected chi connectivity index (χ0v) is 11.8. The summed E-state index contributed by atoms with van der Waals surface area (Å²) in [5, 5.41) is 0. The van der Waals surface area contributed by atoms with Crippen molar-refractivity contribution in [3.63, 3.8) is 0 Å². The van der Waals surface area contributed by atoms with E-state index < -0.39 is 0 Å². The molecule has 0 aliphatic carbocycles. The van der Waals surface area contributed by atoms with Gasteiger partial charge in [0.2, 0.25) is 0 Å². The average molecular weight is 263 g/mol. The first-order valence-electron chi connectivity index (χ1n) is 7.41. The lowest BCUT2D eigenvalue weighted by molar-refractivity contribution is 0.239. The van der Waals surface area contributed by atoms with Crippen LogP contribution in [0.5, 0.6) is 5.75 Å². The van der Waals surface area contributed by atoms with Gasteiger partial charge < -0.3 is 4.65 Å². The number of fused-ring (bicyclic) bond motifs is 3. The number of rotatable bonds is 1. The predicted octanol–water partition coefficient (Wildman–Crippen LogP) is 3.54. The number of benzene rings is 2. The van der Waals surface area contributed by atoms with Crippen LogP contribution in [-0.4, -0.2) is 18.4 Å². The molecule has 2 aliphatic rings.